The predicted molar refractivity (Wildman–Crippen MR) is 96.6 cm³/mol. The molecule has 3 aliphatic rings. The monoisotopic (exact) mass is 343 g/mol. The first kappa shape index (κ1) is 16.9. The van der Waals surface area contributed by atoms with Crippen LogP contribution in [0.4, 0.5) is 0 Å². The topological polar surface area (TPSA) is 78.1 Å². The highest BCUT2D eigenvalue weighted by atomic mass is 16.2. The van der Waals surface area contributed by atoms with Crippen LogP contribution in [0.2, 0.25) is 0 Å². The minimum atomic E-state index is -0.123. The summed E-state index contributed by atoms with van der Waals surface area (Å²) in [6.07, 6.45) is 6.51. The van der Waals surface area contributed by atoms with E-state index in [1.54, 1.807) is 0 Å². The Morgan fingerprint density at radius 1 is 1.36 bits per heavy atom. The van der Waals surface area contributed by atoms with Gasteiger partial charge in [-0.3, -0.25) is 15.2 Å². The molecule has 1 aliphatic carbocycles. The zero-order valence-electron chi connectivity index (χ0n) is 15.2. The molecule has 1 aromatic rings. The summed E-state index contributed by atoms with van der Waals surface area (Å²) in [4.78, 5) is 17.3. The van der Waals surface area contributed by atoms with Gasteiger partial charge in [-0.2, -0.15) is 0 Å². The molecule has 0 bridgehead atoms. The van der Waals surface area contributed by atoms with E-state index >= 15 is 0 Å². The molecule has 4 unspecified atom stereocenters. The fourth-order valence-electron chi connectivity index (χ4n) is 4.70. The first-order valence-corrected chi connectivity index (χ1v) is 9.59. The lowest BCUT2D eigenvalue weighted by Gasteiger charge is -2.31. The standard InChI is InChI=1S/C19H29N5O/c1-11-3-4-17-15(7-11)18(24-23-17)19(25)22-10-16-12(2)21-9-13-8-20-6-5-14(13)16/h9,11,15,17-18,20,23-24H,3-8,10H2,1-2H3,(H,22,25). The van der Waals surface area contributed by atoms with Gasteiger partial charge in [-0.25, -0.2) is 5.43 Å². The average Bonchev–Trinajstić information content (AvgIpc) is 3.03. The zero-order chi connectivity index (χ0) is 17.4. The van der Waals surface area contributed by atoms with E-state index in [2.05, 4.69) is 33.4 Å². The number of rotatable bonds is 3. The molecule has 1 amide bonds. The minimum Gasteiger partial charge on any atom is -0.351 e. The Morgan fingerprint density at radius 2 is 2.24 bits per heavy atom. The second-order valence-electron chi connectivity index (χ2n) is 7.93. The van der Waals surface area contributed by atoms with Gasteiger partial charge in [-0.15, -0.1) is 0 Å². The second-order valence-corrected chi connectivity index (χ2v) is 7.93. The maximum atomic E-state index is 12.8. The molecule has 3 heterocycles. The number of fused-ring (bicyclic) bond motifs is 2. The third kappa shape index (κ3) is 3.30. The van der Waals surface area contributed by atoms with Crippen molar-refractivity contribution in [3.63, 3.8) is 0 Å². The molecule has 4 N–H and O–H groups in total. The number of hydrazine groups is 1. The summed E-state index contributed by atoms with van der Waals surface area (Å²) in [5.41, 5.74) is 11.4. The molecule has 1 aromatic heterocycles. The van der Waals surface area contributed by atoms with E-state index < -0.39 is 0 Å². The van der Waals surface area contributed by atoms with Crippen LogP contribution in [0.3, 0.4) is 0 Å². The highest BCUT2D eigenvalue weighted by Crippen LogP contribution is 2.33. The van der Waals surface area contributed by atoms with Gasteiger partial charge in [-0.1, -0.05) is 6.92 Å². The van der Waals surface area contributed by atoms with Gasteiger partial charge in [0.05, 0.1) is 0 Å². The SMILES string of the molecule is Cc1ncc2c(c1CNC(=O)C1NNC3CCC(C)CC31)CCNC2. The molecule has 1 saturated carbocycles. The molecule has 0 aromatic carbocycles. The van der Waals surface area contributed by atoms with Gasteiger partial charge in [0.15, 0.2) is 0 Å². The molecule has 6 nitrogen and oxygen atoms in total. The summed E-state index contributed by atoms with van der Waals surface area (Å²) < 4.78 is 0. The first-order chi connectivity index (χ1) is 12.1. The minimum absolute atomic E-state index is 0.111. The number of amides is 1. The van der Waals surface area contributed by atoms with E-state index in [0.29, 0.717) is 24.4 Å². The lowest BCUT2D eigenvalue weighted by molar-refractivity contribution is -0.124. The van der Waals surface area contributed by atoms with Gasteiger partial charge in [0.1, 0.15) is 6.04 Å². The van der Waals surface area contributed by atoms with Crippen LogP contribution < -0.4 is 21.5 Å². The van der Waals surface area contributed by atoms with Gasteiger partial charge in [0.25, 0.3) is 0 Å². The van der Waals surface area contributed by atoms with E-state index in [1.165, 1.54) is 23.1 Å². The van der Waals surface area contributed by atoms with Crippen molar-refractivity contribution in [2.75, 3.05) is 6.54 Å². The molecule has 136 valence electrons. The summed E-state index contributed by atoms with van der Waals surface area (Å²) >= 11 is 0. The molecule has 6 heteroatoms. The Morgan fingerprint density at radius 3 is 3.12 bits per heavy atom. The summed E-state index contributed by atoms with van der Waals surface area (Å²) in [6.45, 7) is 6.78. The normalized spacial score (nSPS) is 31.3. The zero-order valence-corrected chi connectivity index (χ0v) is 15.2. The van der Waals surface area contributed by atoms with Crippen LogP contribution in [0.15, 0.2) is 6.20 Å². The molecular weight excluding hydrogens is 314 g/mol. The van der Waals surface area contributed by atoms with E-state index in [0.717, 1.165) is 38.0 Å². The van der Waals surface area contributed by atoms with E-state index in [9.17, 15) is 4.79 Å². The quantitative estimate of drug-likeness (QED) is 0.657. The van der Waals surface area contributed by atoms with Gasteiger partial charge in [0, 0.05) is 36.9 Å². The Hall–Kier alpha value is -1.50. The number of hydrogen-bond acceptors (Lipinski definition) is 5. The number of aromatic nitrogens is 1. The maximum absolute atomic E-state index is 12.8. The predicted octanol–water partition coefficient (Wildman–Crippen LogP) is 0.933. The number of carbonyl (C=O) groups is 1. The highest BCUT2D eigenvalue weighted by molar-refractivity contribution is 5.82. The van der Waals surface area contributed by atoms with Crippen molar-refractivity contribution >= 4 is 5.91 Å². The van der Waals surface area contributed by atoms with Gasteiger partial charge < -0.3 is 10.6 Å². The van der Waals surface area contributed by atoms with Crippen LogP contribution in [-0.2, 0) is 24.3 Å². The molecule has 4 rings (SSSR count). The Bertz CT molecular complexity index is 661. The molecule has 1 saturated heterocycles. The second kappa shape index (κ2) is 7.02. The van der Waals surface area contributed by atoms with Crippen LogP contribution >= 0.6 is 0 Å². The number of aryl methyl sites for hydroxylation is 1. The van der Waals surface area contributed by atoms with Crippen molar-refractivity contribution in [3.8, 4) is 0 Å². The van der Waals surface area contributed by atoms with E-state index in [1.807, 2.05) is 13.1 Å². The fraction of sp³-hybridized carbons (Fsp3) is 0.684. The van der Waals surface area contributed by atoms with Crippen LogP contribution in [0, 0.1) is 18.8 Å². The third-order valence-corrected chi connectivity index (χ3v) is 6.21. The van der Waals surface area contributed by atoms with Crippen molar-refractivity contribution in [1.29, 1.82) is 0 Å². The first-order valence-electron chi connectivity index (χ1n) is 9.59. The Labute approximate surface area is 149 Å². The lowest BCUT2D eigenvalue weighted by atomic mass is 9.76. The summed E-state index contributed by atoms with van der Waals surface area (Å²) in [5, 5.41) is 6.56. The molecule has 0 radical (unpaired) electrons. The number of nitrogens with one attached hydrogen (secondary N) is 4. The number of nitrogens with zero attached hydrogens (tertiary/aromatic N) is 1. The smallest absolute Gasteiger partial charge is 0.239 e. The molecule has 0 spiro atoms. The number of hydrogen-bond donors (Lipinski definition) is 4. The van der Waals surface area contributed by atoms with Gasteiger partial charge in [-0.05, 0) is 61.8 Å². The summed E-state index contributed by atoms with van der Waals surface area (Å²) in [5.74, 6) is 1.22. The van der Waals surface area contributed by atoms with Crippen molar-refractivity contribution < 1.29 is 4.79 Å². The third-order valence-electron chi connectivity index (χ3n) is 6.21. The van der Waals surface area contributed by atoms with Gasteiger partial charge in [0.2, 0.25) is 5.91 Å². The molecule has 25 heavy (non-hydrogen) atoms. The van der Waals surface area contributed by atoms with Crippen LogP contribution in [0.25, 0.3) is 0 Å². The van der Waals surface area contributed by atoms with E-state index in [-0.39, 0.29) is 11.9 Å². The van der Waals surface area contributed by atoms with Crippen molar-refractivity contribution in [1.82, 2.24) is 26.5 Å². The van der Waals surface area contributed by atoms with Crippen LogP contribution in [-0.4, -0.2) is 29.5 Å². The fourth-order valence-corrected chi connectivity index (χ4v) is 4.70. The average molecular weight is 343 g/mol. The van der Waals surface area contributed by atoms with Crippen LogP contribution in [0.1, 0.15) is 48.6 Å². The van der Waals surface area contributed by atoms with E-state index in [4.69, 9.17) is 0 Å². The largest absolute Gasteiger partial charge is 0.351 e. The molecule has 2 fully saturated rings. The van der Waals surface area contributed by atoms with Crippen molar-refractivity contribution in [2.45, 2.75) is 64.7 Å². The molecular formula is C19H29N5O. The number of pyridine rings is 1. The Balaban J connectivity index is 1.44. The number of carbonyl (C=O) groups excluding carboxylic acids is 1. The van der Waals surface area contributed by atoms with Crippen molar-refractivity contribution in [3.05, 3.63) is 28.6 Å². The van der Waals surface area contributed by atoms with Crippen LogP contribution in [0.5, 0.6) is 0 Å². The highest BCUT2D eigenvalue weighted by Gasteiger charge is 2.42. The van der Waals surface area contributed by atoms with Crippen molar-refractivity contribution in [2.24, 2.45) is 11.8 Å². The molecule has 4 atom stereocenters. The van der Waals surface area contributed by atoms with Gasteiger partial charge >= 0.3 is 0 Å². The maximum Gasteiger partial charge on any atom is 0.239 e. The lowest BCUT2D eigenvalue weighted by Crippen LogP contribution is -2.46. The Kier molecular flexibility index (Phi) is 4.75. The molecule has 2 aliphatic heterocycles. The summed E-state index contributed by atoms with van der Waals surface area (Å²) in [6, 6.07) is 0.313. The summed E-state index contributed by atoms with van der Waals surface area (Å²) in [7, 11) is 0.